The van der Waals surface area contributed by atoms with Gasteiger partial charge in [0.1, 0.15) is 0 Å². The van der Waals surface area contributed by atoms with Crippen LogP contribution in [0.3, 0.4) is 0 Å². The van der Waals surface area contributed by atoms with Gasteiger partial charge in [-0.1, -0.05) is 193 Å². The van der Waals surface area contributed by atoms with E-state index < -0.39 is 10.8 Å². The molecule has 0 saturated carbocycles. The number of aromatic nitrogens is 3. The molecule has 0 aliphatic heterocycles. The molecule has 0 saturated heterocycles. The molecular formula is C59H39N3. The van der Waals surface area contributed by atoms with Crippen molar-refractivity contribution < 1.29 is 0 Å². The van der Waals surface area contributed by atoms with E-state index in [1.165, 1.54) is 0 Å². The standard InChI is InChI=1S/C59H39N3/c1-8-24-44(25-9-1)55-60-56(45-26-22-40-53(42-45)58(47-28-10-2-11-29-47,48-30-12-3-13-31-48)49-32-14-4-15-33-49)62-57(61-55)46-27-23-41-54(43-46)59(50-34-16-5-17-35-50,51-36-18-6-19-37-51)52-38-20-7-21-39-52/h1-3,5-6,8-14,16-20,22-35,38-43H,36H2. The van der Waals surface area contributed by atoms with E-state index in [2.05, 4.69) is 193 Å². The van der Waals surface area contributed by atoms with Crippen LogP contribution in [0.15, 0.2) is 253 Å². The highest BCUT2D eigenvalue weighted by molar-refractivity contribution is 5.71. The molecule has 62 heavy (non-hydrogen) atoms. The van der Waals surface area contributed by atoms with Crippen LogP contribution >= 0.6 is 0 Å². The van der Waals surface area contributed by atoms with Crippen LogP contribution in [0.25, 0.3) is 34.2 Å². The van der Waals surface area contributed by atoms with Crippen molar-refractivity contribution >= 4 is 0 Å². The third kappa shape index (κ3) is 6.80. The Hall–Kier alpha value is -8.33. The molecule has 7 aromatic carbocycles. The highest BCUT2D eigenvalue weighted by Crippen LogP contribution is 2.49. The first kappa shape index (κ1) is 37.9. The van der Waals surface area contributed by atoms with Crippen molar-refractivity contribution in [3.8, 4) is 34.2 Å². The second-order valence-electron chi connectivity index (χ2n) is 15.3. The van der Waals surface area contributed by atoms with E-state index in [0.717, 1.165) is 67.6 Å². The summed E-state index contributed by atoms with van der Waals surface area (Å²) in [5, 5.41) is 0. The minimum absolute atomic E-state index is 0.578. The molecule has 0 spiro atoms. The van der Waals surface area contributed by atoms with Crippen LogP contribution in [-0.2, 0) is 10.8 Å². The van der Waals surface area contributed by atoms with E-state index in [-0.39, 0.29) is 0 Å². The van der Waals surface area contributed by atoms with Crippen molar-refractivity contribution in [2.45, 2.75) is 17.3 Å². The minimum atomic E-state index is -0.679. The first-order chi connectivity index (χ1) is 30.7. The second-order valence-corrected chi connectivity index (χ2v) is 15.3. The fraction of sp³-hybridized carbons (Fsp3) is 0.0508. The zero-order valence-corrected chi connectivity index (χ0v) is 33.9. The van der Waals surface area contributed by atoms with Crippen molar-refractivity contribution in [2.24, 2.45) is 0 Å². The Morgan fingerprint density at radius 1 is 0.435 bits per heavy atom. The van der Waals surface area contributed by atoms with E-state index >= 15 is 0 Å². The summed E-state index contributed by atoms with van der Waals surface area (Å²) in [6.45, 7) is 0. The molecule has 2 aliphatic carbocycles. The summed E-state index contributed by atoms with van der Waals surface area (Å²) in [7, 11) is 0. The van der Waals surface area contributed by atoms with Crippen LogP contribution in [0.4, 0.5) is 0 Å². The lowest BCUT2D eigenvalue weighted by atomic mass is 9.63. The van der Waals surface area contributed by atoms with Crippen molar-refractivity contribution in [3.63, 3.8) is 0 Å². The first-order valence-corrected chi connectivity index (χ1v) is 20.8. The maximum atomic E-state index is 5.34. The van der Waals surface area contributed by atoms with E-state index in [1.807, 2.05) is 60.7 Å². The van der Waals surface area contributed by atoms with Gasteiger partial charge in [-0.25, -0.2) is 15.0 Å². The normalized spacial score (nSPS) is 13.0. The third-order valence-corrected chi connectivity index (χ3v) is 11.8. The number of hydrogen-bond acceptors (Lipinski definition) is 3. The molecule has 1 aromatic heterocycles. The van der Waals surface area contributed by atoms with Crippen LogP contribution in [0.2, 0.25) is 0 Å². The average Bonchev–Trinajstić information content (AvgIpc) is 3.37. The van der Waals surface area contributed by atoms with Gasteiger partial charge in [0.2, 0.25) is 0 Å². The van der Waals surface area contributed by atoms with Gasteiger partial charge in [0.25, 0.3) is 0 Å². The first-order valence-electron chi connectivity index (χ1n) is 20.8. The topological polar surface area (TPSA) is 38.7 Å². The number of rotatable bonds is 11. The van der Waals surface area contributed by atoms with Crippen LogP contribution in [-0.4, -0.2) is 15.0 Å². The molecule has 290 valence electrons. The summed E-state index contributed by atoms with van der Waals surface area (Å²) in [6, 6.07) is 72.0. The smallest absolute Gasteiger partial charge is 0.164 e. The van der Waals surface area contributed by atoms with Crippen molar-refractivity contribution in [2.75, 3.05) is 0 Å². The molecule has 0 amide bonds. The van der Waals surface area contributed by atoms with Crippen molar-refractivity contribution in [3.05, 3.63) is 298 Å². The SMILES string of the molecule is C1=C=CC(C(c2ccccc2)(c2ccccc2)c2cccc(-c3nc(-c4ccccc4)nc(-c4cccc(C(C5=C=CC=CC5)(c5cc#ccc5)c5ccccc5)c4)n3)c2)=CC=1. The number of benzene rings is 6. The molecule has 1 unspecified atom stereocenters. The Morgan fingerprint density at radius 3 is 1.47 bits per heavy atom. The van der Waals surface area contributed by atoms with Gasteiger partial charge in [-0.3, -0.25) is 0 Å². The van der Waals surface area contributed by atoms with Gasteiger partial charge < -0.3 is 0 Å². The summed E-state index contributed by atoms with van der Waals surface area (Å²) >= 11 is 0. The highest BCUT2D eigenvalue weighted by Gasteiger charge is 2.41. The molecule has 0 radical (unpaired) electrons. The Bertz CT molecular complexity index is 3050. The Balaban J connectivity index is 1.19. The van der Waals surface area contributed by atoms with Gasteiger partial charge in [-0.15, -0.1) is 5.73 Å². The minimum Gasteiger partial charge on any atom is -0.208 e. The molecule has 10 rings (SSSR count). The zero-order valence-electron chi connectivity index (χ0n) is 33.9. The van der Waals surface area contributed by atoms with Gasteiger partial charge in [0.15, 0.2) is 17.5 Å². The number of nitrogens with zero attached hydrogens (tertiary/aromatic N) is 3. The van der Waals surface area contributed by atoms with E-state index in [0.29, 0.717) is 17.5 Å². The summed E-state index contributed by atoms with van der Waals surface area (Å²) in [4.78, 5) is 15.8. The summed E-state index contributed by atoms with van der Waals surface area (Å²) in [5.41, 5.74) is 20.2. The summed E-state index contributed by atoms with van der Waals surface area (Å²) < 4.78 is 0. The van der Waals surface area contributed by atoms with Gasteiger partial charge in [-0.05, 0) is 106 Å². The largest absolute Gasteiger partial charge is 0.208 e. The summed E-state index contributed by atoms with van der Waals surface area (Å²) in [5.74, 6) is 1.75. The molecule has 0 bridgehead atoms. The number of allylic oxidation sites excluding steroid dienone is 7. The lowest BCUT2D eigenvalue weighted by Crippen LogP contribution is -2.32. The van der Waals surface area contributed by atoms with Crippen LogP contribution < -0.4 is 0 Å². The Morgan fingerprint density at radius 2 is 0.952 bits per heavy atom. The summed E-state index contributed by atoms with van der Waals surface area (Å²) in [6.07, 6.45) is 13.1. The van der Waals surface area contributed by atoms with Crippen molar-refractivity contribution in [1.29, 1.82) is 0 Å². The molecule has 3 nitrogen and oxygen atoms in total. The third-order valence-electron chi connectivity index (χ3n) is 11.8. The van der Waals surface area contributed by atoms with E-state index in [4.69, 9.17) is 15.0 Å². The fourth-order valence-electron chi connectivity index (χ4n) is 9.10. The van der Waals surface area contributed by atoms with E-state index in [9.17, 15) is 0 Å². The predicted octanol–water partition coefficient (Wildman–Crippen LogP) is 13.0. The molecule has 8 aromatic rings. The van der Waals surface area contributed by atoms with Crippen LogP contribution in [0.5, 0.6) is 0 Å². The molecule has 0 N–H and O–H groups in total. The lowest BCUT2D eigenvalue weighted by molar-refractivity contribution is 0.707. The molecule has 1 atom stereocenters. The van der Waals surface area contributed by atoms with Gasteiger partial charge in [-0.2, -0.15) is 0 Å². The maximum Gasteiger partial charge on any atom is 0.164 e. The van der Waals surface area contributed by atoms with Gasteiger partial charge >= 0.3 is 0 Å². The molecule has 3 heteroatoms. The quantitative estimate of drug-likeness (QED) is 0.0968. The average molecular weight is 790 g/mol. The van der Waals surface area contributed by atoms with Crippen LogP contribution in [0.1, 0.15) is 39.8 Å². The molecule has 1 heterocycles. The molecular weight excluding hydrogens is 751 g/mol. The fourth-order valence-corrected chi connectivity index (χ4v) is 9.10. The lowest BCUT2D eigenvalue weighted by Gasteiger charge is -2.37. The zero-order chi connectivity index (χ0) is 41.6. The van der Waals surface area contributed by atoms with Gasteiger partial charge in [0.05, 0.1) is 10.8 Å². The predicted molar refractivity (Wildman–Crippen MR) is 249 cm³/mol. The Kier molecular flexibility index (Phi) is 10.2. The number of hydrogen-bond donors (Lipinski definition) is 0. The van der Waals surface area contributed by atoms with Crippen LogP contribution in [0, 0.1) is 12.1 Å². The van der Waals surface area contributed by atoms with Crippen molar-refractivity contribution in [1.82, 2.24) is 15.0 Å². The molecule has 2 aliphatic rings. The monoisotopic (exact) mass is 789 g/mol. The van der Waals surface area contributed by atoms with Gasteiger partial charge in [0, 0.05) is 16.7 Å². The molecule has 0 fully saturated rings. The second kappa shape index (κ2) is 16.7. The maximum absolute atomic E-state index is 5.34. The van der Waals surface area contributed by atoms with E-state index in [1.54, 1.807) is 0 Å². The highest BCUT2D eigenvalue weighted by atomic mass is 15.0. The Labute approximate surface area is 363 Å².